The van der Waals surface area contributed by atoms with Gasteiger partial charge in [-0.1, -0.05) is 24.3 Å². The summed E-state index contributed by atoms with van der Waals surface area (Å²) >= 11 is 0. The summed E-state index contributed by atoms with van der Waals surface area (Å²) in [5.41, 5.74) is 2.98. The molecule has 0 saturated heterocycles. The Morgan fingerprint density at radius 1 is 1.17 bits per heavy atom. The number of hydrogen-bond donors (Lipinski definition) is 0. The molecule has 3 rings (SSSR count). The van der Waals surface area contributed by atoms with Gasteiger partial charge in [-0.3, -0.25) is 0 Å². The van der Waals surface area contributed by atoms with Crippen LogP contribution in [-0.4, -0.2) is 24.2 Å². The highest BCUT2D eigenvalue weighted by Gasteiger charge is 2.11. The predicted molar refractivity (Wildman–Crippen MR) is 93.0 cm³/mol. The van der Waals surface area contributed by atoms with E-state index >= 15 is 0 Å². The largest absolute Gasteiger partial charge is 0.494 e. The lowest BCUT2D eigenvalue weighted by Crippen LogP contribution is -2.09. The lowest BCUT2D eigenvalue weighted by Gasteiger charge is -2.07. The van der Waals surface area contributed by atoms with Crippen LogP contribution in [0.25, 0.3) is 11.3 Å². The molecule has 4 heteroatoms. The number of carbonyl (C=O) groups is 1. The Labute approximate surface area is 141 Å². The summed E-state index contributed by atoms with van der Waals surface area (Å²) in [5.74, 6) is 0.402. The van der Waals surface area contributed by atoms with Crippen LogP contribution < -0.4 is 4.74 Å². The quantitative estimate of drug-likeness (QED) is 0.749. The normalized spacial score (nSPS) is 12.8. The van der Waals surface area contributed by atoms with Crippen LogP contribution in [0.5, 0.6) is 5.75 Å². The average molecular weight is 321 g/mol. The van der Waals surface area contributed by atoms with Crippen molar-refractivity contribution in [3.05, 3.63) is 72.0 Å². The molecule has 1 aliphatic carbocycles. The van der Waals surface area contributed by atoms with E-state index < -0.39 is 5.97 Å². The molecule has 0 atom stereocenters. The van der Waals surface area contributed by atoms with Crippen molar-refractivity contribution in [1.82, 2.24) is 4.98 Å². The number of allylic oxidation sites excluding steroid dienone is 2. The van der Waals surface area contributed by atoms with Gasteiger partial charge < -0.3 is 9.47 Å². The molecule has 4 nitrogen and oxygen atoms in total. The van der Waals surface area contributed by atoms with Crippen molar-refractivity contribution in [2.24, 2.45) is 0 Å². The number of pyridine rings is 1. The van der Waals surface area contributed by atoms with Gasteiger partial charge in [0.1, 0.15) is 18.1 Å². The highest BCUT2D eigenvalue weighted by atomic mass is 16.5. The molecule has 0 aliphatic heterocycles. The second kappa shape index (κ2) is 7.59. The molecule has 0 radical (unpaired) electrons. The van der Waals surface area contributed by atoms with E-state index in [9.17, 15) is 4.79 Å². The molecule has 0 spiro atoms. The Morgan fingerprint density at radius 2 is 2.00 bits per heavy atom. The van der Waals surface area contributed by atoms with Gasteiger partial charge in [-0.05, 0) is 55.3 Å². The van der Waals surface area contributed by atoms with Gasteiger partial charge in [0, 0.05) is 5.56 Å². The highest BCUT2D eigenvalue weighted by Crippen LogP contribution is 2.21. The minimum Gasteiger partial charge on any atom is -0.494 e. The van der Waals surface area contributed by atoms with Gasteiger partial charge in [-0.25, -0.2) is 9.78 Å². The fraction of sp³-hybridized carbons (Fsp3) is 0.200. The summed E-state index contributed by atoms with van der Waals surface area (Å²) in [7, 11) is 0. The molecule has 0 N–H and O–H groups in total. The molecule has 0 unspecified atom stereocenters. The number of benzene rings is 1. The number of esters is 1. The molecular formula is C20H19NO3. The van der Waals surface area contributed by atoms with E-state index in [0.29, 0.717) is 12.3 Å². The van der Waals surface area contributed by atoms with Crippen molar-refractivity contribution in [3.63, 3.8) is 0 Å². The first kappa shape index (κ1) is 16.0. The maximum Gasteiger partial charge on any atom is 0.357 e. The van der Waals surface area contributed by atoms with Crippen LogP contribution in [0.2, 0.25) is 0 Å². The molecule has 1 heterocycles. The molecule has 24 heavy (non-hydrogen) atoms. The molecule has 1 aliphatic rings. The van der Waals surface area contributed by atoms with Crippen LogP contribution in [-0.2, 0) is 4.74 Å². The van der Waals surface area contributed by atoms with Crippen LogP contribution >= 0.6 is 0 Å². The van der Waals surface area contributed by atoms with E-state index in [2.05, 4.69) is 4.98 Å². The van der Waals surface area contributed by atoms with Crippen molar-refractivity contribution < 1.29 is 14.3 Å². The van der Waals surface area contributed by atoms with E-state index in [-0.39, 0.29) is 6.61 Å². The van der Waals surface area contributed by atoms with Gasteiger partial charge in [0.25, 0.3) is 0 Å². The Bertz CT molecular complexity index is 776. The van der Waals surface area contributed by atoms with Crippen LogP contribution in [0.15, 0.2) is 66.3 Å². The van der Waals surface area contributed by atoms with E-state index in [1.165, 1.54) is 0 Å². The predicted octanol–water partition coefficient (Wildman–Crippen LogP) is 4.19. The van der Waals surface area contributed by atoms with Crippen molar-refractivity contribution in [1.29, 1.82) is 0 Å². The monoisotopic (exact) mass is 321 g/mol. The minimum atomic E-state index is -0.413. The molecular weight excluding hydrogens is 302 g/mol. The smallest absolute Gasteiger partial charge is 0.357 e. The van der Waals surface area contributed by atoms with E-state index in [1.807, 2.05) is 61.5 Å². The SMILES string of the molecule is CCOc1ccc(-c2cccc(C(=O)OCC3=CCC=C3)n2)cc1. The number of ether oxygens (including phenoxy) is 2. The van der Waals surface area contributed by atoms with E-state index in [1.54, 1.807) is 6.07 Å². The molecule has 0 amide bonds. The van der Waals surface area contributed by atoms with Crippen molar-refractivity contribution in [3.8, 4) is 17.0 Å². The third kappa shape index (κ3) is 3.90. The van der Waals surface area contributed by atoms with Crippen LogP contribution in [0.4, 0.5) is 0 Å². The number of nitrogens with zero attached hydrogens (tertiary/aromatic N) is 1. The van der Waals surface area contributed by atoms with Crippen molar-refractivity contribution in [2.75, 3.05) is 13.2 Å². The average Bonchev–Trinajstić information content (AvgIpc) is 3.14. The molecule has 1 aromatic carbocycles. The Morgan fingerprint density at radius 3 is 2.71 bits per heavy atom. The number of carbonyl (C=O) groups excluding carboxylic acids is 1. The molecule has 1 aromatic heterocycles. The lowest BCUT2D eigenvalue weighted by molar-refractivity contribution is 0.0536. The van der Waals surface area contributed by atoms with Crippen LogP contribution in [0, 0.1) is 0 Å². The van der Waals surface area contributed by atoms with Crippen LogP contribution in [0.3, 0.4) is 0 Å². The van der Waals surface area contributed by atoms with Gasteiger partial charge in [-0.2, -0.15) is 0 Å². The maximum absolute atomic E-state index is 12.2. The van der Waals surface area contributed by atoms with Gasteiger partial charge in [0.15, 0.2) is 0 Å². The number of rotatable bonds is 6. The summed E-state index contributed by atoms with van der Waals surface area (Å²) < 4.78 is 10.7. The topological polar surface area (TPSA) is 48.4 Å². The second-order valence-electron chi connectivity index (χ2n) is 5.36. The fourth-order valence-electron chi connectivity index (χ4n) is 2.43. The highest BCUT2D eigenvalue weighted by molar-refractivity contribution is 5.88. The molecule has 0 bridgehead atoms. The Kier molecular flexibility index (Phi) is 5.06. The Balaban J connectivity index is 1.70. The minimum absolute atomic E-state index is 0.282. The standard InChI is InChI=1S/C20H19NO3/c1-2-23-17-12-10-16(11-13-17)18-8-5-9-19(21-18)20(22)24-14-15-6-3-4-7-15/h3,5-13H,2,4,14H2,1H3. The third-order valence-electron chi connectivity index (χ3n) is 3.64. The summed E-state index contributed by atoms with van der Waals surface area (Å²) in [4.78, 5) is 16.6. The van der Waals surface area contributed by atoms with Gasteiger partial charge in [0.2, 0.25) is 0 Å². The molecule has 2 aromatic rings. The van der Waals surface area contributed by atoms with Gasteiger partial charge in [-0.15, -0.1) is 0 Å². The lowest BCUT2D eigenvalue weighted by atomic mass is 10.1. The number of aromatic nitrogens is 1. The third-order valence-corrected chi connectivity index (χ3v) is 3.64. The maximum atomic E-state index is 12.2. The van der Waals surface area contributed by atoms with Crippen LogP contribution in [0.1, 0.15) is 23.8 Å². The van der Waals surface area contributed by atoms with Crippen molar-refractivity contribution >= 4 is 5.97 Å². The summed E-state index contributed by atoms with van der Waals surface area (Å²) in [6, 6.07) is 13.0. The zero-order valence-corrected chi connectivity index (χ0v) is 13.6. The zero-order valence-electron chi connectivity index (χ0n) is 13.6. The first-order chi connectivity index (χ1) is 11.8. The zero-order chi connectivity index (χ0) is 16.8. The summed E-state index contributed by atoms with van der Waals surface area (Å²) in [5, 5.41) is 0. The molecule has 0 fully saturated rings. The van der Waals surface area contributed by atoms with E-state index in [0.717, 1.165) is 29.0 Å². The second-order valence-corrected chi connectivity index (χ2v) is 5.36. The molecule has 0 saturated carbocycles. The first-order valence-corrected chi connectivity index (χ1v) is 7.99. The number of hydrogen-bond acceptors (Lipinski definition) is 4. The molecule has 122 valence electrons. The van der Waals surface area contributed by atoms with Gasteiger partial charge >= 0.3 is 5.97 Å². The summed E-state index contributed by atoms with van der Waals surface area (Å²) in [6.07, 6.45) is 6.94. The van der Waals surface area contributed by atoms with Crippen molar-refractivity contribution in [2.45, 2.75) is 13.3 Å². The first-order valence-electron chi connectivity index (χ1n) is 7.99. The fourth-order valence-corrected chi connectivity index (χ4v) is 2.43. The Hall–Kier alpha value is -2.88. The van der Waals surface area contributed by atoms with Gasteiger partial charge in [0.05, 0.1) is 12.3 Å². The summed E-state index contributed by atoms with van der Waals surface area (Å²) in [6.45, 7) is 2.86. The van der Waals surface area contributed by atoms with E-state index in [4.69, 9.17) is 9.47 Å².